The van der Waals surface area contributed by atoms with Gasteiger partial charge < -0.3 is 9.64 Å². The minimum Gasteiger partial charge on any atom is -0.459 e. The van der Waals surface area contributed by atoms with E-state index < -0.39 is 0 Å². The van der Waals surface area contributed by atoms with Gasteiger partial charge in [-0.05, 0) is 38.8 Å². The molecule has 0 unspecified atom stereocenters. The van der Waals surface area contributed by atoms with Gasteiger partial charge >= 0.3 is 5.97 Å². The first kappa shape index (κ1) is 13.8. The highest BCUT2D eigenvalue weighted by atomic mass is 16.5. The molecular formula is C14H16N2O2. The van der Waals surface area contributed by atoms with Crippen LogP contribution in [0.2, 0.25) is 0 Å². The second-order valence-electron chi connectivity index (χ2n) is 4.00. The van der Waals surface area contributed by atoms with Gasteiger partial charge in [-0.3, -0.25) is 4.99 Å². The summed E-state index contributed by atoms with van der Waals surface area (Å²) in [6.45, 7) is 7.07. The molecule has 1 aromatic rings. The lowest BCUT2D eigenvalue weighted by atomic mass is 10.1. The summed E-state index contributed by atoms with van der Waals surface area (Å²) < 4.78 is 5.11. The Bertz CT molecular complexity index is 501. The molecule has 0 amide bonds. The minimum atomic E-state index is -0.384. The SMILES string of the molecule is C#CN(C)c1ccc(C(=O)OC(C)C)cc1N=C. The van der Waals surface area contributed by atoms with Gasteiger partial charge in [0.1, 0.15) is 0 Å². The summed E-state index contributed by atoms with van der Waals surface area (Å²) in [5.74, 6) is -0.384. The predicted molar refractivity (Wildman–Crippen MR) is 73.4 cm³/mol. The van der Waals surface area contributed by atoms with Crippen LogP contribution in [0.4, 0.5) is 11.4 Å². The molecule has 1 rings (SSSR count). The number of terminal acetylenes is 1. The van der Waals surface area contributed by atoms with Crippen molar-refractivity contribution < 1.29 is 9.53 Å². The van der Waals surface area contributed by atoms with Crippen molar-refractivity contribution >= 4 is 24.1 Å². The standard InChI is InChI=1S/C14H16N2O2/c1-6-16(5)13-8-7-11(9-12(13)15-4)14(17)18-10(2)3/h1,7-10H,4H2,2-3,5H3. The maximum absolute atomic E-state index is 11.7. The number of carbonyl (C=O) groups is 1. The first-order valence-electron chi connectivity index (χ1n) is 5.51. The van der Waals surface area contributed by atoms with Gasteiger partial charge in [0.2, 0.25) is 0 Å². The summed E-state index contributed by atoms with van der Waals surface area (Å²) in [4.78, 5) is 17.2. The fraction of sp³-hybridized carbons (Fsp3) is 0.286. The fourth-order valence-corrected chi connectivity index (χ4v) is 1.41. The van der Waals surface area contributed by atoms with Crippen molar-refractivity contribution in [1.29, 1.82) is 0 Å². The zero-order chi connectivity index (χ0) is 13.7. The molecule has 0 spiro atoms. The van der Waals surface area contributed by atoms with Gasteiger partial charge in [0.15, 0.2) is 0 Å². The Hall–Kier alpha value is -2.28. The van der Waals surface area contributed by atoms with E-state index >= 15 is 0 Å². The molecule has 0 saturated carbocycles. The third-order valence-electron chi connectivity index (χ3n) is 2.28. The Balaban J connectivity index is 3.10. The number of rotatable bonds is 4. The van der Waals surface area contributed by atoms with Crippen LogP contribution in [-0.2, 0) is 4.74 Å². The van der Waals surface area contributed by atoms with Crippen LogP contribution in [0.25, 0.3) is 0 Å². The van der Waals surface area contributed by atoms with Crippen LogP contribution in [0.3, 0.4) is 0 Å². The summed E-state index contributed by atoms with van der Waals surface area (Å²) in [6, 6.07) is 7.46. The number of carbonyl (C=O) groups excluding carboxylic acids is 1. The fourth-order valence-electron chi connectivity index (χ4n) is 1.41. The van der Waals surface area contributed by atoms with Crippen LogP contribution in [0.15, 0.2) is 23.2 Å². The summed E-state index contributed by atoms with van der Waals surface area (Å²) in [5.41, 5.74) is 1.70. The molecule has 0 aliphatic carbocycles. The number of hydrogen-bond donors (Lipinski definition) is 0. The zero-order valence-electron chi connectivity index (χ0n) is 10.8. The van der Waals surface area contributed by atoms with Crippen LogP contribution < -0.4 is 4.90 Å². The van der Waals surface area contributed by atoms with E-state index in [1.807, 2.05) is 0 Å². The van der Waals surface area contributed by atoms with Crippen LogP contribution >= 0.6 is 0 Å². The molecule has 0 aromatic heterocycles. The van der Waals surface area contributed by atoms with Crippen molar-refractivity contribution in [2.45, 2.75) is 20.0 Å². The van der Waals surface area contributed by atoms with Gasteiger partial charge in [0.05, 0.1) is 23.0 Å². The monoisotopic (exact) mass is 244 g/mol. The molecular weight excluding hydrogens is 228 g/mol. The van der Waals surface area contributed by atoms with E-state index in [2.05, 4.69) is 17.8 Å². The Kier molecular flexibility index (Phi) is 4.50. The molecule has 4 heteroatoms. The molecule has 4 nitrogen and oxygen atoms in total. The Morgan fingerprint density at radius 1 is 1.56 bits per heavy atom. The third-order valence-corrected chi connectivity index (χ3v) is 2.28. The van der Waals surface area contributed by atoms with Crippen molar-refractivity contribution in [2.75, 3.05) is 11.9 Å². The van der Waals surface area contributed by atoms with E-state index in [0.29, 0.717) is 16.9 Å². The van der Waals surface area contributed by atoms with Gasteiger partial charge in [-0.15, -0.1) is 0 Å². The van der Waals surface area contributed by atoms with E-state index in [1.54, 1.807) is 44.0 Å². The minimum absolute atomic E-state index is 0.161. The first-order chi connectivity index (χ1) is 8.49. The average Bonchev–Trinajstić information content (AvgIpc) is 2.36. The lowest BCUT2D eigenvalue weighted by Crippen LogP contribution is -2.12. The maximum Gasteiger partial charge on any atom is 0.338 e. The lowest BCUT2D eigenvalue weighted by molar-refractivity contribution is 0.0378. The molecule has 0 aliphatic rings. The highest BCUT2D eigenvalue weighted by Gasteiger charge is 2.13. The van der Waals surface area contributed by atoms with Crippen molar-refractivity contribution in [3.05, 3.63) is 23.8 Å². The van der Waals surface area contributed by atoms with E-state index in [1.165, 1.54) is 0 Å². The molecule has 0 N–H and O–H groups in total. The van der Waals surface area contributed by atoms with Crippen LogP contribution in [0, 0.1) is 12.5 Å². The van der Waals surface area contributed by atoms with Crippen molar-refractivity contribution in [1.82, 2.24) is 0 Å². The molecule has 0 saturated heterocycles. The summed E-state index contributed by atoms with van der Waals surface area (Å²) >= 11 is 0. The number of hydrogen-bond acceptors (Lipinski definition) is 4. The van der Waals surface area contributed by atoms with Crippen LogP contribution in [0.1, 0.15) is 24.2 Å². The molecule has 0 heterocycles. The molecule has 0 atom stereocenters. The summed E-state index contributed by atoms with van der Waals surface area (Å²) in [5, 5.41) is 0. The van der Waals surface area contributed by atoms with E-state index in [-0.39, 0.29) is 12.1 Å². The molecule has 1 aromatic carbocycles. The number of benzene rings is 1. The summed E-state index contributed by atoms with van der Waals surface area (Å²) in [7, 11) is 1.73. The Morgan fingerprint density at radius 3 is 2.72 bits per heavy atom. The summed E-state index contributed by atoms with van der Waals surface area (Å²) in [6.07, 6.45) is 5.15. The number of esters is 1. The molecule has 0 aliphatic heterocycles. The number of nitrogens with zero attached hydrogens (tertiary/aromatic N) is 2. The molecule has 0 bridgehead atoms. The number of aliphatic imine (C=N–C) groups is 1. The Labute approximate surface area is 107 Å². The zero-order valence-corrected chi connectivity index (χ0v) is 10.8. The molecule has 94 valence electrons. The topological polar surface area (TPSA) is 41.9 Å². The lowest BCUT2D eigenvalue weighted by Gasteiger charge is -2.14. The van der Waals surface area contributed by atoms with Gasteiger partial charge in [-0.1, -0.05) is 6.42 Å². The second-order valence-corrected chi connectivity index (χ2v) is 4.00. The van der Waals surface area contributed by atoms with Crippen molar-refractivity contribution in [2.24, 2.45) is 4.99 Å². The van der Waals surface area contributed by atoms with Gasteiger partial charge in [0, 0.05) is 13.1 Å². The van der Waals surface area contributed by atoms with E-state index in [0.717, 1.165) is 0 Å². The molecule has 0 radical (unpaired) electrons. The normalized spacial score (nSPS) is 9.72. The van der Waals surface area contributed by atoms with E-state index in [4.69, 9.17) is 11.2 Å². The molecule has 18 heavy (non-hydrogen) atoms. The Morgan fingerprint density at radius 2 is 2.22 bits per heavy atom. The number of ether oxygens (including phenoxy) is 1. The van der Waals surface area contributed by atoms with Gasteiger partial charge in [-0.2, -0.15) is 0 Å². The first-order valence-corrected chi connectivity index (χ1v) is 5.51. The molecule has 0 fully saturated rings. The maximum atomic E-state index is 11.7. The van der Waals surface area contributed by atoms with Crippen molar-refractivity contribution in [3.63, 3.8) is 0 Å². The highest BCUT2D eigenvalue weighted by Crippen LogP contribution is 2.28. The van der Waals surface area contributed by atoms with E-state index in [9.17, 15) is 4.79 Å². The quantitative estimate of drug-likeness (QED) is 0.354. The predicted octanol–water partition coefficient (Wildman–Crippen LogP) is 2.61. The van der Waals surface area contributed by atoms with Crippen molar-refractivity contribution in [3.8, 4) is 12.5 Å². The van der Waals surface area contributed by atoms with Crippen LogP contribution in [-0.4, -0.2) is 25.8 Å². The highest BCUT2D eigenvalue weighted by molar-refractivity contribution is 5.92. The van der Waals surface area contributed by atoms with Gasteiger partial charge in [0.25, 0.3) is 0 Å². The number of anilines is 1. The second kappa shape index (κ2) is 5.87. The average molecular weight is 244 g/mol. The largest absolute Gasteiger partial charge is 0.459 e. The van der Waals surface area contributed by atoms with Gasteiger partial charge in [-0.25, -0.2) is 4.79 Å². The third kappa shape index (κ3) is 3.11. The smallest absolute Gasteiger partial charge is 0.338 e. The van der Waals surface area contributed by atoms with Crippen LogP contribution in [0.5, 0.6) is 0 Å².